The molecule has 2 saturated carbocycles. The summed E-state index contributed by atoms with van der Waals surface area (Å²) in [5.41, 5.74) is 0.429. The Morgan fingerprint density at radius 3 is 1.85 bits per heavy atom. The van der Waals surface area contributed by atoms with Crippen molar-refractivity contribution in [3.8, 4) is 0 Å². The summed E-state index contributed by atoms with van der Waals surface area (Å²) < 4.78 is 24.9. The zero-order chi connectivity index (χ0) is 14.3. The predicted octanol–water partition coefficient (Wildman–Crippen LogP) is 7.87. The Morgan fingerprint density at radius 2 is 1.40 bits per heavy atom. The monoisotopic (exact) mass is 416 g/mol. The van der Waals surface area contributed by atoms with Gasteiger partial charge in [-0.2, -0.15) is 8.78 Å². The van der Waals surface area contributed by atoms with E-state index in [2.05, 4.69) is 35.2 Å². The molecule has 20 heavy (non-hydrogen) atoms. The quantitative estimate of drug-likeness (QED) is 0.428. The highest BCUT2D eigenvalue weighted by atomic mass is 80.9. The van der Waals surface area contributed by atoms with E-state index in [9.17, 15) is 8.78 Å². The highest BCUT2D eigenvalue weighted by molar-refractivity contribution is 9.93. The van der Waals surface area contributed by atoms with Gasteiger partial charge in [0.2, 0.25) is 0 Å². The van der Waals surface area contributed by atoms with Crippen molar-refractivity contribution in [1.29, 1.82) is 0 Å². The van der Waals surface area contributed by atoms with E-state index in [4.69, 9.17) is 0 Å². The lowest BCUT2D eigenvalue weighted by Crippen LogP contribution is -2.18. The summed E-state index contributed by atoms with van der Waals surface area (Å²) in [6.45, 7) is 2.35. The molecule has 0 heterocycles. The van der Waals surface area contributed by atoms with Crippen LogP contribution in [0.3, 0.4) is 0 Å². The smallest absolute Gasteiger partial charge is 0.173 e. The van der Waals surface area contributed by atoms with Crippen molar-refractivity contribution >= 4 is 28.3 Å². The molecule has 0 aliphatic heterocycles. The lowest BCUT2D eigenvalue weighted by molar-refractivity contribution is 0.225. The Kier molecular flexibility index (Phi) is 11.5. The number of halogens is 4. The number of rotatable bonds is 2. The first kappa shape index (κ1) is 20.6. The number of hydrogen-bond donors (Lipinski definition) is 0. The van der Waals surface area contributed by atoms with E-state index >= 15 is 0 Å². The molecular weight excluding hydrogens is 390 g/mol. The van der Waals surface area contributed by atoms with E-state index in [0.29, 0.717) is 18.4 Å². The van der Waals surface area contributed by atoms with Crippen molar-refractivity contribution in [1.82, 2.24) is 0 Å². The second-order valence-corrected chi connectivity index (χ2v) is 6.17. The molecule has 0 radical (unpaired) electrons. The third kappa shape index (κ3) is 7.02. The van der Waals surface area contributed by atoms with Crippen LogP contribution in [0.5, 0.6) is 0 Å². The highest BCUT2D eigenvalue weighted by Gasteiger charge is 2.25. The standard InChI is InChI=1S/C15H24F2.CH4.Br2/c1-11-2-4-12(5-3-11)10-13-6-8-14(9-7-13)15(16)17;;1-2/h11-13H,2-10H2,1H3;1H4;. The Labute approximate surface area is 138 Å². The highest BCUT2D eigenvalue weighted by Crippen LogP contribution is 2.38. The molecule has 0 unspecified atom stereocenters. The molecule has 0 N–H and O–H groups in total. The van der Waals surface area contributed by atoms with Gasteiger partial charge in [0.15, 0.2) is 0 Å². The molecule has 2 rings (SSSR count). The molecule has 0 bridgehead atoms. The third-order valence-corrected chi connectivity index (χ3v) is 4.78. The zero-order valence-corrected chi connectivity index (χ0v) is 14.8. The van der Waals surface area contributed by atoms with Gasteiger partial charge in [0.05, 0.1) is 0 Å². The van der Waals surface area contributed by atoms with Crippen LogP contribution in [0.4, 0.5) is 8.78 Å². The molecule has 0 atom stereocenters. The summed E-state index contributed by atoms with van der Waals surface area (Å²) in [4.78, 5) is 0. The van der Waals surface area contributed by atoms with Crippen molar-refractivity contribution in [2.45, 2.75) is 72.1 Å². The number of hydrogen-bond acceptors (Lipinski definition) is 0. The average Bonchev–Trinajstić information content (AvgIpc) is 2.44. The van der Waals surface area contributed by atoms with Crippen molar-refractivity contribution < 1.29 is 8.78 Å². The molecule has 2 fully saturated rings. The van der Waals surface area contributed by atoms with Gasteiger partial charge >= 0.3 is 0 Å². The van der Waals surface area contributed by atoms with Gasteiger partial charge in [0.1, 0.15) is 0 Å². The molecule has 0 aromatic heterocycles. The van der Waals surface area contributed by atoms with E-state index in [1.165, 1.54) is 32.1 Å². The van der Waals surface area contributed by atoms with Gasteiger partial charge in [-0.1, -0.05) is 40.0 Å². The van der Waals surface area contributed by atoms with Gasteiger partial charge in [-0.25, -0.2) is 0 Å². The van der Waals surface area contributed by atoms with Crippen LogP contribution in [0.25, 0.3) is 0 Å². The molecule has 120 valence electrons. The Balaban J connectivity index is 0.00000115. The molecule has 4 heteroatoms. The summed E-state index contributed by atoms with van der Waals surface area (Å²) >= 11 is 5.50. The second kappa shape index (κ2) is 11.2. The van der Waals surface area contributed by atoms with Gasteiger partial charge in [-0.3, -0.25) is 0 Å². The summed E-state index contributed by atoms with van der Waals surface area (Å²) in [6.07, 6.45) is 8.69. The Hall–Kier alpha value is 0.560. The van der Waals surface area contributed by atoms with E-state index < -0.39 is 6.08 Å². The van der Waals surface area contributed by atoms with Crippen molar-refractivity contribution in [2.75, 3.05) is 0 Å². The minimum absolute atomic E-state index is 0. The van der Waals surface area contributed by atoms with Crippen molar-refractivity contribution in [2.24, 2.45) is 17.8 Å². The molecule has 2 aliphatic carbocycles. The molecule has 0 aromatic carbocycles. The van der Waals surface area contributed by atoms with E-state index in [-0.39, 0.29) is 7.43 Å². The Bertz CT molecular complexity index is 270. The first-order chi connectivity index (χ1) is 9.15. The van der Waals surface area contributed by atoms with E-state index in [1.54, 1.807) is 0 Å². The van der Waals surface area contributed by atoms with Crippen LogP contribution in [0.1, 0.15) is 72.1 Å². The largest absolute Gasteiger partial charge is 0.269 e. The minimum atomic E-state index is -1.41. The van der Waals surface area contributed by atoms with Gasteiger partial charge < -0.3 is 0 Å². The maximum absolute atomic E-state index is 12.4. The normalized spacial score (nSPS) is 29.9. The maximum atomic E-state index is 12.4. The summed E-state index contributed by atoms with van der Waals surface area (Å²) in [6, 6.07) is 0. The van der Waals surface area contributed by atoms with Crippen LogP contribution >= 0.6 is 28.3 Å². The van der Waals surface area contributed by atoms with Crippen LogP contribution in [0.2, 0.25) is 0 Å². The van der Waals surface area contributed by atoms with Gasteiger partial charge in [0, 0.05) is 28.3 Å². The van der Waals surface area contributed by atoms with E-state index in [0.717, 1.165) is 30.6 Å². The summed E-state index contributed by atoms with van der Waals surface area (Å²) in [5.74, 6) is 2.52. The van der Waals surface area contributed by atoms with Crippen LogP contribution in [0, 0.1) is 17.8 Å². The molecule has 0 nitrogen and oxygen atoms in total. The van der Waals surface area contributed by atoms with Gasteiger partial charge in [0.25, 0.3) is 6.08 Å². The van der Waals surface area contributed by atoms with Crippen LogP contribution in [-0.2, 0) is 0 Å². The SMILES string of the molecule is BrBr.C.CC1CCC(CC2CCC(=C(F)F)CC2)CC1. The fraction of sp³-hybridized carbons (Fsp3) is 0.875. The van der Waals surface area contributed by atoms with Crippen LogP contribution < -0.4 is 0 Å². The summed E-state index contributed by atoms with van der Waals surface area (Å²) in [7, 11) is 0. The lowest BCUT2D eigenvalue weighted by Gasteiger charge is -2.31. The lowest BCUT2D eigenvalue weighted by atomic mass is 9.75. The van der Waals surface area contributed by atoms with Gasteiger partial charge in [-0.05, 0) is 55.4 Å². The average molecular weight is 418 g/mol. The number of allylic oxidation sites excluding steroid dienone is 1. The molecule has 0 aromatic rings. The first-order valence-corrected chi connectivity index (χ1v) is 11.0. The molecule has 0 spiro atoms. The predicted molar refractivity (Wildman–Crippen MR) is 91.5 cm³/mol. The Morgan fingerprint density at radius 1 is 0.950 bits per heavy atom. The van der Waals surface area contributed by atoms with Crippen molar-refractivity contribution in [3.63, 3.8) is 0 Å². The zero-order valence-electron chi connectivity index (χ0n) is 11.6. The summed E-state index contributed by atoms with van der Waals surface area (Å²) in [5, 5.41) is 0. The fourth-order valence-corrected chi connectivity index (χ4v) is 3.49. The third-order valence-electron chi connectivity index (χ3n) is 4.78. The first-order valence-electron chi connectivity index (χ1n) is 7.32. The topological polar surface area (TPSA) is 0 Å². The minimum Gasteiger partial charge on any atom is -0.173 e. The maximum Gasteiger partial charge on any atom is 0.269 e. The van der Waals surface area contributed by atoms with Crippen LogP contribution in [0.15, 0.2) is 11.7 Å². The van der Waals surface area contributed by atoms with Crippen molar-refractivity contribution in [3.05, 3.63) is 11.7 Å². The van der Waals surface area contributed by atoms with E-state index in [1.807, 2.05) is 0 Å². The van der Waals surface area contributed by atoms with Gasteiger partial charge in [-0.15, -0.1) is 0 Å². The fourth-order valence-electron chi connectivity index (χ4n) is 3.49. The molecule has 2 aliphatic rings. The molecular formula is C16H28Br2F2. The van der Waals surface area contributed by atoms with Crippen LogP contribution in [-0.4, -0.2) is 0 Å². The second-order valence-electron chi connectivity index (χ2n) is 6.17. The molecule has 0 amide bonds. The molecule has 0 saturated heterocycles.